The normalized spacial score (nSPS) is 13.1. The second-order valence-corrected chi connectivity index (χ2v) is 16.8. The summed E-state index contributed by atoms with van der Waals surface area (Å²) in [6.45, 7) is 0. The highest BCUT2D eigenvalue weighted by molar-refractivity contribution is 6.09. The summed E-state index contributed by atoms with van der Waals surface area (Å²) in [5, 5.41) is 2.25. The minimum Gasteiger partial charge on any atom is -0.455 e. The van der Waals surface area contributed by atoms with Gasteiger partial charge in [0, 0.05) is 39.1 Å². The van der Waals surface area contributed by atoms with Crippen molar-refractivity contribution in [3.8, 4) is 33.4 Å². The number of para-hydroxylation sites is 5. The molecule has 0 saturated heterocycles. The number of anilines is 6. The largest absolute Gasteiger partial charge is 0.455 e. The van der Waals surface area contributed by atoms with Crippen molar-refractivity contribution in [3.05, 3.63) is 265 Å². The van der Waals surface area contributed by atoms with Crippen molar-refractivity contribution in [2.45, 2.75) is 5.41 Å². The third-order valence-electron chi connectivity index (χ3n) is 13.5. The van der Waals surface area contributed by atoms with Crippen molar-refractivity contribution in [1.82, 2.24) is 0 Å². The van der Waals surface area contributed by atoms with Gasteiger partial charge in [-0.3, -0.25) is 0 Å². The number of rotatable bonds is 6. The quantitative estimate of drug-likeness (QED) is 0.167. The van der Waals surface area contributed by atoms with Crippen LogP contribution in [0.1, 0.15) is 22.3 Å². The molecule has 1 spiro atoms. The fourth-order valence-corrected chi connectivity index (χ4v) is 10.8. The van der Waals surface area contributed by atoms with Crippen LogP contribution in [-0.4, -0.2) is 0 Å². The van der Waals surface area contributed by atoms with Crippen LogP contribution in [0.2, 0.25) is 0 Å². The molecule has 0 unspecified atom stereocenters. The average molecular weight is 817 g/mol. The Morgan fingerprint density at radius 2 is 0.891 bits per heavy atom. The second-order valence-electron chi connectivity index (χ2n) is 16.8. The third-order valence-corrected chi connectivity index (χ3v) is 13.5. The lowest BCUT2D eigenvalue weighted by Gasteiger charge is -2.45. The second kappa shape index (κ2) is 14.3. The van der Waals surface area contributed by atoms with Crippen LogP contribution in [0.3, 0.4) is 0 Å². The SMILES string of the molecule is c1ccc(-c2ccc(N(c3cccc(-c4cccc5c4oc4ccccc45)c3)c3ccc4c(c3)C3(c5ccccc5-4)c4ccccc4N(c4ccccc4)c4ccccc43)cc2)cc1. The van der Waals surface area contributed by atoms with E-state index in [2.05, 4.69) is 246 Å². The summed E-state index contributed by atoms with van der Waals surface area (Å²) in [6.07, 6.45) is 0. The summed E-state index contributed by atoms with van der Waals surface area (Å²) in [6, 6.07) is 88.3. The van der Waals surface area contributed by atoms with Gasteiger partial charge in [-0.1, -0.05) is 176 Å². The first-order chi connectivity index (χ1) is 31.8. The highest BCUT2D eigenvalue weighted by Crippen LogP contribution is 2.64. The van der Waals surface area contributed by atoms with E-state index < -0.39 is 5.41 Å². The third kappa shape index (κ3) is 5.34. The van der Waals surface area contributed by atoms with E-state index in [1.54, 1.807) is 0 Å². The minimum absolute atomic E-state index is 0.581. The lowest BCUT2D eigenvalue weighted by molar-refractivity contribution is 0.670. The Morgan fingerprint density at radius 3 is 1.67 bits per heavy atom. The van der Waals surface area contributed by atoms with Crippen molar-refractivity contribution >= 4 is 56.1 Å². The fraction of sp³-hybridized carbons (Fsp3) is 0.0164. The predicted molar refractivity (Wildman–Crippen MR) is 265 cm³/mol. The standard InChI is InChI=1S/C61H40N2O/c1-3-17-41(18-4-1)42-33-35-45(36-34-42)62(46-22-15-19-43(39-46)48-25-16-26-52-51-24-8-14-32-59(51)64-60(48)52)47-37-38-50-49-23-7-9-27-53(49)61(56(50)40-47)54-28-10-12-30-57(54)63(44-20-5-2-6-21-44)58-31-13-11-29-55(58)61/h1-40H. The molecular weight excluding hydrogens is 777 g/mol. The molecule has 2 aliphatic rings. The summed E-state index contributed by atoms with van der Waals surface area (Å²) >= 11 is 0. The molecule has 13 rings (SSSR count). The Hall–Kier alpha value is -8.40. The molecule has 1 aliphatic heterocycles. The summed E-state index contributed by atoms with van der Waals surface area (Å²) in [4.78, 5) is 4.86. The molecule has 300 valence electrons. The predicted octanol–water partition coefficient (Wildman–Crippen LogP) is 16.5. The Morgan fingerprint density at radius 1 is 0.344 bits per heavy atom. The topological polar surface area (TPSA) is 19.6 Å². The first kappa shape index (κ1) is 36.3. The Kier molecular flexibility index (Phi) is 8.13. The first-order valence-corrected chi connectivity index (χ1v) is 22.0. The van der Waals surface area contributed by atoms with E-state index in [-0.39, 0.29) is 0 Å². The zero-order valence-electron chi connectivity index (χ0n) is 34.9. The molecule has 3 heteroatoms. The summed E-state index contributed by atoms with van der Waals surface area (Å²) in [7, 11) is 0. The van der Waals surface area contributed by atoms with Crippen LogP contribution >= 0.6 is 0 Å². The van der Waals surface area contributed by atoms with Gasteiger partial charge in [0.2, 0.25) is 0 Å². The molecule has 10 aromatic carbocycles. The molecule has 0 radical (unpaired) electrons. The molecule has 1 aliphatic carbocycles. The molecule has 0 saturated carbocycles. The lowest BCUT2D eigenvalue weighted by atomic mass is 9.64. The van der Waals surface area contributed by atoms with Gasteiger partial charge in [-0.05, 0) is 117 Å². The van der Waals surface area contributed by atoms with Crippen LogP contribution < -0.4 is 9.80 Å². The van der Waals surface area contributed by atoms with Gasteiger partial charge in [0.25, 0.3) is 0 Å². The van der Waals surface area contributed by atoms with Crippen LogP contribution in [0.25, 0.3) is 55.3 Å². The lowest BCUT2D eigenvalue weighted by Crippen LogP contribution is -2.36. The van der Waals surface area contributed by atoms with E-state index in [9.17, 15) is 0 Å². The summed E-state index contributed by atoms with van der Waals surface area (Å²) < 4.78 is 6.58. The number of fused-ring (bicyclic) bond motifs is 12. The van der Waals surface area contributed by atoms with E-state index in [4.69, 9.17) is 4.42 Å². The van der Waals surface area contributed by atoms with E-state index in [1.165, 1.54) is 55.9 Å². The zero-order chi connectivity index (χ0) is 42.2. The molecule has 0 amide bonds. The van der Waals surface area contributed by atoms with Crippen LogP contribution in [0, 0.1) is 0 Å². The van der Waals surface area contributed by atoms with Gasteiger partial charge in [-0.2, -0.15) is 0 Å². The fourth-order valence-electron chi connectivity index (χ4n) is 10.8. The molecule has 0 N–H and O–H groups in total. The first-order valence-electron chi connectivity index (χ1n) is 22.0. The van der Waals surface area contributed by atoms with Crippen LogP contribution in [-0.2, 0) is 5.41 Å². The van der Waals surface area contributed by atoms with Gasteiger partial charge in [0.15, 0.2) is 0 Å². The van der Waals surface area contributed by atoms with Crippen molar-refractivity contribution in [3.63, 3.8) is 0 Å². The highest BCUT2D eigenvalue weighted by Gasteiger charge is 2.51. The van der Waals surface area contributed by atoms with Crippen molar-refractivity contribution in [2.75, 3.05) is 9.80 Å². The maximum Gasteiger partial charge on any atom is 0.143 e. The van der Waals surface area contributed by atoms with Gasteiger partial charge >= 0.3 is 0 Å². The Balaban J connectivity index is 1.04. The Bertz CT molecular complexity index is 3520. The number of benzene rings is 10. The van der Waals surface area contributed by atoms with Crippen molar-refractivity contribution in [2.24, 2.45) is 0 Å². The van der Waals surface area contributed by atoms with E-state index in [1.807, 2.05) is 6.07 Å². The van der Waals surface area contributed by atoms with Gasteiger partial charge in [0.1, 0.15) is 11.2 Å². The molecule has 11 aromatic rings. The summed E-state index contributed by atoms with van der Waals surface area (Å²) in [5.74, 6) is 0. The highest BCUT2D eigenvalue weighted by atomic mass is 16.3. The average Bonchev–Trinajstić information content (AvgIpc) is 3.89. The van der Waals surface area contributed by atoms with Crippen LogP contribution in [0.4, 0.5) is 34.1 Å². The molecule has 3 nitrogen and oxygen atoms in total. The molecule has 64 heavy (non-hydrogen) atoms. The van der Waals surface area contributed by atoms with Gasteiger partial charge in [-0.15, -0.1) is 0 Å². The Labute approximate surface area is 372 Å². The van der Waals surface area contributed by atoms with Crippen LogP contribution in [0.15, 0.2) is 247 Å². The number of hydrogen-bond donors (Lipinski definition) is 0. The maximum absolute atomic E-state index is 6.58. The van der Waals surface area contributed by atoms with Crippen molar-refractivity contribution in [1.29, 1.82) is 0 Å². The van der Waals surface area contributed by atoms with E-state index >= 15 is 0 Å². The zero-order valence-corrected chi connectivity index (χ0v) is 34.9. The van der Waals surface area contributed by atoms with E-state index in [0.717, 1.165) is 55.8 Å². The monoisotopic (exact) mass is 816 g/mol. The smallest absolute Gasteiger partial charge is 0.143 e. The number of hydrogen-bond acceptors (Lipinski definition) is 3. The molecular formula is C61H40N2O. The van der Waals surface area contributed by atoms with E-state index in [0.29, 0.717) is 0 Å². The number of furan rings is 1. The molecule has 1 aromatic heterocycles. The molecule has 0 fully saturated rings. The van der Waals surface area contributed by atoms with Gasteiger partial charge in [0.05, 0.1) is 16.8 Å². The maximum atomic E-state index is 6.58. The molecule has 0 atom stereocenters. The minimum atomic E-state index is -0.581. The summed E-state index contributed by atoms with van der Waals surface area (Å²) in [5.41, 5.74) is 20.1. The van der Waals surface area contributed by atoms with Gasteiger partial charge < -0.3 is 14.2 Å². The molecule has 2 heterocycles. The van der Waals surface area contributed by atoms with Gasteiger partial charge in [-0.25, -0.2) is 0 Å². The number of nitrogens with zero attached hydrogens (tertiary/aromatic N) is 2. The van der Waals surface area contributed by atoms with Crippen LogP contribution in [0.5, 0.6) is 0 Å². The van der Waals surface area contributed by atoms with Crippen molar-refractivity contribution < 1.29 is 4.42 Å². The molecule has 0 bridgehead atoms.